The number of fused-ring (bicyclic) bond motifs is 1. The summed E-state index contributed by atoms with van der Waals surface area (Å²) in [4.78, 5) is 13.3. The van der Waals surface area contributed by atoms with Crippen LogP contribution in [0.5, 0.6) is 0 Å². The van der Waals surface area contributed by atoms with Crippen molar-refractivity contribution in [3.8, 4) is 0 Å². The minimum atomic E-state index is -0.103. The first-order chi connectivity index (χ1) is 4.86. The largest absolute Gasteiger partial charge is 0.319 e. The average Bonchev–Trinajstić information content (AvgIpc) is 2.33. The van der Waals surface area contributed by atoms with E-state index in [0.29, 0.717) is 0 Å². The van der Waals surface area contributed by atoms with Crippen molar-refractivity contribution in [1.82, 2.24) is 15.2 Å². The third-order valence-corrected chi connectivity index (χ3v) is 1.33. The van der Waals surface area contributed by atoms with Gasteiger partial charge in [-0.2, -0.15) is 5.10 Å². The van der Waals surface area contributed by atoms with Crippen LogP contribution in [0.3, 0.4) is 0 Å². The highest BCUT2D eigenvalue weighted by Crippen LogP contribution is 2.00. The summed E-state index contributed by atoms with van der Waals surface area (Å²) in [5, 5.41) is 6.47. The van der Waals surface area contributed by atoms with Crippen LogP contribution in [-0.2, 0) is 0 Å². The van der Waals surface area contributed by atoms with Crippen LogP contribution in [0.4, 0.5) is 0 Å². The number of aromatic amines is 2. The number of hydrogen-bond acceptors (Lipinski definition) is 2. The lowest BCUT2D eigenvalue weighted by molar-refractivity contribution is 1.12. The molecule has 4 nitrogen and oxygen atoms in total. The smallest absolute Gasteiger partial charge is 0.248 e. The van der Waals surface area contributed by atoms with Gasteiger partial charge in [-0.3, -0.25) is 9.89 Å². The summed E-state index contributed by atoms with van der Waals surface area (Å²) in [6.45, 7) is 0. The molecule has 2 rings (SSSR count). The van der Waals surface area contributed by atoms with Crippen LogP contribution in [0.2, 0.25) is 0 Å². The van der Waals surface area contributed by atoms with Gasteiger partial charge in [0.1, 0.15) is 0 Å². The van der Waals surface area contributed by atoms with Crippen molar-refractivity contribution < 1.29 is 0 Å². The highest BCUT2D eigenvalue weighted by molar-refractivity contribution is 5.72. The fraction of sp³-hybridized carbons (Fsp3) is 0. The lowest BCUT2D eigenvalue weighted by Crippen LogP contribution is -2.00. The van der Waals surface area contributed by atoms with Crippen LogP contribution < -0.4 is 5.56 Å². The monoisotopic (exact) mass is 135 g/mol. The topological polar surface area (TPSA) is 61.5 Å². The van der Waals surface area contributed by atoms with E-state index in [2.05, 4.69) is 15.2 Å². The first-order valence-electron chi connectivity index (χ1n) is 2.89. The van der Waals surface area contributed by atoms with E-state index in [-0.39, 0.29) is 5.56 Å². The van der Waals surface area contributed by atoms with Gasteiger partial charge in [-0.25, -0.2) is 0 Å². The molecule has 2 aromatic rings. The molecule has 10 heavy (non-hydrogen) atoms. The number of pyridine rings is 1. The SMILES string of the molecule is O=c1ccc2[nH]ncc2[nH]1. The Hall–Kier alpha value is -1.58. The Bertz CT molecular complexity index is 400. The highest BCUT2D eigenvalue weighted by Gasteiger charge is 1.92. The fourth-order valence-electron chi connectivity index (χ4n) is 0.856. The summed E-state index contributed by atoms with van der Waals surface area (Å²) in [7, 11) is 0. The molecule has 0 aliphatic carbocycles. The molecule has 2 N–H and O–H groups in total. The molecular formula is C6H5N3O. The van der Waals surface area contributed by atoms with Gasteiger partial charge in [0, 0.05) is 6.07 Å². The lowest BCUT2D eigenvalue weighted by Gasteiger charge is -1.83. The van der Waals surface area contributed by atoms with Crippen LogP contribution in [0, 0.1) is 0 Å². The van der Waals surface area contributed by atoms with E-state index in [1.165, 1.54) is 6.07 Å². The van der Waals surface area contributed by atoms with Crippen molar-refractivity contribution in [3.63, 3.8) is 0 Å². The number of aromatic nitrogens is 3. The summed E-state index contributed by atoms with van der Waals surface area (Å²) in [5.41, 5.74) is 1.49. The summed E-state index contributed by atoms with van der Waals surface area (Å²) in [6, 6.07) is 3.15. The van der Waals surface area contributed by atoms with Gasteiger partial charge in [-0.05, 0) is 6.07 Å². The standard InChI is InChI=1S/C6H5N3O/c10-6-2-1-4-5(8-6)3-7-9-4/h1-3H,(H,7,9)(H,8,10). The molecule has 0 bridgehead atoms. The number of rotatable bonds is 0. The predicted octanol–water partition coefficient (Wildman–Crippen LogP) is 0.251. The third kappa shape index (κ3) is 0.621. The van der Waals surface area contributed by atoms with E-state index in [4.69, 9.17) is 0 Å². The lowest BCUT2D eigenvalue weighted by atomic mass is 10.4. The molecule has 0 fully saturated rings. The molecule has 0 atom stereocenters. The van der Waals surface area contributed by atoms with Crippen molar-refractivity contribution in [2.45, 2.75) is 0 Å². The Balaban J connectivity index is 2.99. The van der Waals surface area contributed by atoms with Crippen molar-refractivity contribution in [1.29, 1.82) is 0 Å². The van der Waals surface area contributed by atoms with Gasteiger partial charge in [-0.15, -0.1) is 0 Å². The molecule has 0 spiro atoms. The molecular weight excluding hydrogens is 130 g/mol. The summed E-state index contributed by atoms with van der Waals surface area (Å²) in [6.07, 6.45) is 1.58. The van der Waals surface area contributed by atoms with Crippen LogP contribution in [-0.4, -0.2) is 15.2 Å². The van der Waals surface area contributed by atoms with E-state index in [0.717, 1.165) is 11.0 Å². The summed E-state index contributed by atoms with van der Waals surface area (Å²) >= 11 is 0. The Morgan fingerprint density at radius 3 is 3.10 bits per heavy atom. The zero-order valence-corrected chi connectivity index (χ0v) is 5.09. The van der Waals surface area contributed by atoms with Crippen LogP contribution in [0.25, 0.3) is 11.0 Å². The number of hydrogen-bond donors (Lipinski definition) is 2. The average molecular weight is 135 g/mol. The van der Waals surface area contributed by atoms with Gasteiger partial charge in [0.25, 0.3) is 0 Å². The second kappa shape index (κ2) is 1.70. The van der Waals surface area contributed by atoms with Gasteiger partial charge in [-0.1, -0.05) is 0 Å². The van der Waals surface area contributed by atoms with Gasteiger partial charge >= 0.3 is 0 Å². The van der Waals surface area contributed by atoms with Crippen molar-refractivity contribution in [3.05, 3.63) is 28.7 Å². The van der Waals surface area contributed by atoms with Gasteiger partial charge in [0.2, 0.25) is 5.56 Å². The molecule has 2 heterocycles. The maximum absolute atomic E-state index is 10.7. The Morgan fingerprint density at radius 2 is 2.20 bits per heavy atom. The quantitative estimate of drug-likeness (QED) is 0.544. The molecule has 0 aromatic carbocycles. The van der Waals surface area contributed by atoms with Crippen LogP contribution in [0.1, 0.15) is 0 Å². The van der Waals surface area contributed by atoms with E-state index in [1.54, 1.807) is 12.3 Å². The van der Waals surface area contributed by atoms with Crippen molar-refractivity contribution in [2.24, 2.45) is 0 Å². The highest BCUT2D eigenvalue weighted by atomic mass is 16.1. The molecule has 0 unspecified atom stereocenters. The summed E-state index contributed by atoms with van der Waals surface area (Å²) < 4.78 is 0. The molecule has 0 saturated heterocycles. The first-order valence-corrected chi connectivity index (χ1v) is 2.89. The predicted molar refractivity (Wildman–Crippen MR) is 36.7 cm³/mol. The molecule has 0 aliphatic heterocycles. The van der Waals surface area contributed by atoms with Gasteiger partial charge < -0.3 is 4.98 Å². The first kappa shape index (κ1) is 5.22. The Labute approximate surface area is 55.9 Å². The summed E-state index contributed by atoms with van der Waals surface area (Å²) in [5.74, 6) is 0. The molecule has 0 saturated carbocycles. The van der Waals surface area contributed by atoms with Crippen LogP contribution in [0.15, 0.2) is 23.1 Å². The molecule has 0 radical (unpaired) electrons. The number of nitrogens with one attached hydrogen (secondary N) is 2. The van der Waals surface area contributed by atoms with E-state index in [9.17, 15) is 4.79 Å². The Kier molecular flexibility index (Phi) is 0.887. The normalized spacial score (nSPS) is 10.4. The Morgan fingerprint density at radius 1 is 1.30 bits per heavy atom. The van der Waals surface area contributed by atoms with Gasteiger partial charge in [0.15, 0.2) is 0 Å². The van der Waals surface area contributed by atoms with Crippen molar-refractivity contribution >= 4 is 11.0 Å². The fourth-order valence-corrected chi connectivity index (χ4v) is 0.856. The second-order valence-electron chi connectivity index (χ2n) is 2.02. The zero-order valence-electron chi connectivity index (χ0n) is 5.09. The molecule has 2 aromatic heterocycles. The number of H-pyrrole nitrogens is 2. The van der Waals surface area contributed by atoms with Crippen molar-refractivity contribution in [2.75, 3.05) is 0 Å². The van der Waals surface area contributed by atoms with E-state index in [1.807, 2.05) is 0 Å². The molecule has 0 amide bonds. The second-order valence-corrected chi connectivity index (χ2v) is 2.02. The zero-order chi connectivity index (χ0) is 6.97. The minimum absolute atomic E-state index is 0.103. The minimum Gasteiger partial charge on any atom is -0.319 e. The third-order valence-electron chi connectivity index (χ3n) is 1.33. The van der Waals surface area contributed by atoms with E-state index >= 15 is 0 Å². The van der Waals surface area contributed by atoms with Gasteiger partial charge in [0.05, 0.1) is 17.2 Å². The van der Waals surface area contributed by atoms with Crippen LogP contribution >= 0.6 is 0 Å². The maximum Gasteiger partial charge on any atom is 0.248 e. The number of nitrogens with zero attached hydrogens (tertiary/aromatic N) is 1. The van der Waals surface area contributed by atoms with E-state index < -0.39 is 0 Å². The molecule has 4 heteroatoms. The molecule has 50 valence electrons. The molecule has 0 aliphatic rings. The maximum atomic E-state index is 10.7.